The van der Waals surface area contributed by atoms with Gasteiger partial charge in [-0.05, 0) is 47.9 Å². The largest absolute Gasteiger partial charge is 0.496 e. The van der Waals surface area contributed by atoms with Crippen molar-refractivity contribution in [2.75, 3.05) is 14.2 Å². The first-order valence-electron chi connectivity index (χ1n) is 9.82. The van der Waals surface area contributed by atoms with Gasteiger partial charge in [0.25, 0.3) is 0 Å². The number of rotatable bonds is 8. The summed E-state index contributed by atoms with van der Waals surface area (Å²) in [6.45, 7) is 0. The number of nitrogens with zero attached hydrogens (tertiary/aromatic N) is 1. The van der Waals surface area contributed by atoms with Crippen LogP contribution in [0.25, 0.3) is 11.6 Å². The summed E-state index contributed by atoms with van der Waals surface area (Å²) in [4.78, 5) is 12.3. The number of carbonyl (C=O) groups excluding carboxylic acids is 1. The number of hydrogen-bond donors (Lipinski definition) is 0. The molecule has 31 heavy (non-hydrogen) atoms. The highest BCUT2D eigenvalue weighted by Crippen LogP contribution is 2.32. The monoisotopic (exact) mass is 413 g/mol. The van der Waals surface area contributed by atoms with Crippen molar-refractivity contribution in [2.45, 2.75) is 12.8 Å². The number of allylic oxidation sites excluding steroid dienone is 1. The van der Waals surface area contributed by atoms with Crippen LogP contribution in [-0.4, -0.2) is 20.2 Å². The van der Waals surface area contributed by atoms with E-state index in [1.54, 1.807) is 37.5 Å². The summed E-state index contributed by atoms with van der Waals surface area (Å²) in [5.74, 6) is 1.04. The number of ether oxygens (including phenoxy) is 3. The molecule has 0 saturated heterocycles. The molecule has 0 heterocycles. The third kappa shape index (κ3) is 5.74. The molecule has 3 aromatic carbocycles. The zero-order chi connectivity index (χ0) is 22.1. The maximum Gasteiger partial charge on any atom is 0.311 e. The molecule has 0 unspecified atom stereocenters. The quantitative estimate of drug-likeness (QED) is 0.217. The van der Waals surface area contributed by atoms with Gasteiger partial charge in [-0.2, -0.15) is 5.26 Å². The molecule has 3 rings (SSSR count). The van der Waals surface area contributed by atoms with Gasteiger partial charge in [0.1, 0.15) is 5.75 Å². The van der Waals surface area contributed by atoms with Crippen molar-refractivity contribution in [3.63, 3.8) is 0 Å². The molecule has 0 fully saturated rings. The third-order valence-corrected chi connectivity index (χ3v) is 4.70. The second-order valence-corrected chi connectivity index (χ2v) is 6.74. The van der Waals surface area contributed by atoms with Gasteiger partial charge in [-0.25, -0.2) is 0 Å². The molecule has 0 bridgehead atoms. The Morgan fingerprint density at radius 1 is 0.903 bits per heavy atom. The minimum Gasteiger partial charge on any atom is -0.496 e. The van der Waals surface area contributed by atoms with Gasteiger partial charge in [-0.3, -0.25) is 4.79 Å². The van der Waals surface area contributed by atoms with E-state index in [4.69, 9.17) is 14.2 Å². The van der Waals surface area contributed by atoms with E-state index in [-0.39, 0.29) is 12.4 Å². The van der Waals surface area contributed by atoms with E-state index in [1.165, 1.54) is 7.11 Å². The van der Waals surface area contributed by atoms with Crippen molar-refractivity contribution in [3.8, 4) is 23.3 Å². The molecule has 0 spiro atoms. The van der Waals surface area contributed by atoms with Crippen LogP contribution in [0, 0.1) is 11.3 Å². The minimum atomic E-state index is -0.336. The standard InChI is InChI=1S/C26H23NO4/c1-29-23-11-7-6-10-22(23)21(18-27)16-20-12-14-24(25(17-20)30-2)31-26(28)15-13-19-8-4-3-5-9-19/h3-12,14,16-17H,13,15H2,1-2H3/b21-16-. The summed E-state index contributed by atoms with van der Waals surface area (Å²) in [6.07, 6.45) is 2.61. The molecule has 0 aliphatic heterocycles. The van der Waals surface area contributed by atoms with Crippen molar-refractivity contribution in [1.29, 1.82) is 5.26 Å². The van der Waals surface area contributed by atoms with Gasteiger partial charge in [0.15, 0.2) is 11.5 Å². The Kier molecular flexibility index (Phi) is 7.45. The molecule has 0 radical (unpaired) electrons. The molecule has 0 aromatic heterocycles. The number of esters is 1. The van der Waals surface area contributed by atoms with E-state index in [0.717, 1.165) is 11.1 Å². The molecule has 5 heteroatoms. The fourth-order valence-electron chi connectivity index (χ4n) is 3.13. The molecule has 0 aliphatic carbocycles. The van der Waals surface area contributed by atoms with Gasteiger partial charge >= 0.3 is 5.97 Å². The smallest absolute Gasteiger partial charge is 0.311 e. The van der Waals surface area contributed by atoms with Crippen LogP contribution in [0.1, 0.15) is 23.1 Å². The Hall–Kier alpha value is -4.04. The number of benzene rings is 3. The van der Waals surface area contributed by atoms with Crippen LogP contribution in [0.3, 0.4) is 0 Å². The lowest BCUT2D eigenvalue weighted by molar-refractivity contribution is -0.134. The lowest BCUT2D eigenvalue weighted by atomic mass is 10.0. The van der Waals surface area contributed by atoms with Crippen molar-refractivity contribution >= 4 is 17.6 Å². The number of para-hydroxylation sites is 1. The molecular weight excluding hydrogens is 390 g/mol. The molecule has 0 atom stereocenters. The predicted octanol–water partition coefficient (Wildman–Crippen LogP) is 5.31. The molecule has 0 amide bonds. The molecule has 3 aromatic rings. The maximum absolute atomic E-state index is 12.3. The first-order valence-corrected chi connectivity index (χ1v) is 9.82. The Morgan fingerprint density at radius 2 is 1.61 bits per heavy atom. The molecule has 156 valence electrons. The van der Waals surface area contributed by atoms with Gasteiger partial charge in [0.2, 0.25) is 0 Å². The van der Waals surface area contributed by atoms with E-state index in [2.05, 4.69) is 6.07 Å². The first kappa shape index (κ1) is 21.7. The number of carbonyl (C=O) groups is 1. The van der Waals surface area contributed by atoms with Gasteiger partial charge in [0, 0.05) is 12.0 Å². The predicted molar refractivity (Wildman–Crippen MR) is 120 cm³/mol. The SMILES string of the molecule is COc1cc(/C=C(/C#N)c2ccccc2OC)ccc1OC(=O)CCc1ccccc1. The number of methoxy groups -OCH3 is 2. The van der Waals surface area contributed by atoms with Crippen LogP contribution >= 0.6 is 0 Å². The van der Waals surface area contributed by atoms with Crippen molar-refractivity contribution in [3.05, 3.63) is 89.5 Å². The Bertz CT molecular complexity index is 1110. The first-order chi connectivity index (χ1) is 15.1. The highest BCUT2D eigenvalue weighted by atomic mass is 16.6. The zero-order valence-corrected chi connectivity index (χ0v) is 17.5. The normalized spacial score (nSPS) is 10.8. The van der Waals surface area contributed by atoms with Gasteiger partial charge in [0.05, 0.1) is 25.9 Å². The van der Waals surface area contributed by atoms with Crippen LogP contribution in [-0.2, 0) is 11.2 Å². The van der Waals surface area contributed by atoms with Gasteiger partial charge in [-0.15, -0.1) is 0 Å². The van der Waals surface area contributed by atoms with Crippen LogP contribution in [0.5, 0.6) is 17.2 Å². The Balaban J connectivity index is 1.76. The topological polar surface area (TPSA) is 68.6 Å². The summed E-state index contributed by atoms with van der Waals surface area (Å²) in [7, 11) is 3.08. The fraction of sp³-hybridized carbons (Fsp3) is 0.154. The van der Waals surface area contributed by atoms with Gasteiger partial charge < -0.3 is 14.2 Å². The lowest BCUT2D eigenvalue weighted by Crippen LogP contribution is -2.09. The zero-order valence-electron chi connectivity index (χ0n) is 17.5. The third-order valence-electron chi connectivity index (χ3n) is 4.70. The summed E-state index contributed by atoms with van der Waals surface area (Å²) < 4.78 is 16.3. The number of nitriles is 1. The van der Waals surface area contributed by atoms with Crippen molar-refractivity contribution in [2.24, 2.45) is 0 Å². The summed E-state index contributed by atoms with van der Waals surface area (Å²) in [6, 6.07) is 24.5. The highest BCUT2D eigenvalue weighted by Gasteiger charge is 2.12. The van der Waals surface area contributed by atoms with Gasteiger partial charge in [-0.1, -0.05) is 48.5 Å². The van der Waals surface area contributed by atoms with Crippen molar-refractivity contribution in [1.82, 2.24) is 0 Å². The second-order valence-electron chi connectivity index (χ2n) is 6.74. The van der Waals surface area contributed by atoms with Crippen LogP contribution in [0.2, 0.25) is 0 Å². The lowest BCUT2D eigenvalue weighted by Gasteiger charge is -2.11. The van der Waals surface area contributed by atoms with E-state index in [1.807, 2.05) is 48.5 Å². The number of aryl methyl sites for hydroxylation is 1. The molecular formula is C26H23NO4. The molecule has 0 N–H and O–H groups in total. The van der Waals surface area contributed by atoms with Crippen LogP contribution in [0.15, 0.2) is 72.8 Å². The Labute approximate surface area is 182 Å². The second kappa shape index (κ2) is 10.7. The summed E-state index contributed by atoms with van der Waals surface area (Å²) in [5.41, 5.74) is 2.96. The summed E-state index contributed by atoms with van der Waals surface area (Å²) >= 11 is 0. The van der Waals surface area contributed by atoms with E-state index < -0.39 is 0 Å². The maximum atomic E-state index is 12.3. The minimum absolute atomic E-state index is 0.265. The summed E-state index contributed by atoms with van der Waals surface area (Å²) in [5, 5.41) is 9.64. The average Bonchev–Trinajstić information content (AvgIpc) is 2.82. The van der Waals surface area contributed by atoms with E-state index >= 15 is 0 Å². The molecule has 5 nitrogen and oxygen atoms in total. The Morgan fingerprint density at radius 3 is 2.32 bits per heavy atom. The van der Waals surface area contributed by atoms with E-state index in [9.17, 15) is 10.1 Å². The van der Waals surface area contributed by atoms with E-state index in [0.29, 0.717) is 34.8 Å². The van der Waals surface area contributed by atoms with Crippen LogP contribution < -0.4 is 14.2 Å². The molecule has 0 saturated carbocycles. The number of hydrogen-bond acceptors (Lipinski definition) is 5. The van der Waals surface area contributed by atoms with Crippen LogP contribution in [0.4, 0.5) is 0 Å². The average molecular weight is 413 g/mol. The molecule has 0 aliphatic rings. The fourth-order valence-corrected chi connectivity index (χ4v) is 3.13. The van der Waals surface area contributed by atoms with Crippen molar-refractivity contribution < 1.29 is 19.0 Å². The highest BCUT2D eigenvalue weighted by molar-refractivity contribution is 5.92.